The van der Waals surface area contributed by atoms with Crippen molar-refractivity contribution in [2.75, 3.05) is 0 Å². The molecular weight excluding hydrogens is 324 g/mol. The number of aromatic hydroxyl groups is 2. The lowest BCUT2D eigenvalue weighted by atomic mass is 9.82. The second-order valence-corrected chi connectivity index (χ2v) is 4.92. The van der Waals surface area contributed by atoms with Crippen LogP contribution in [0, 0.1) is 20.2 Å². The van der Waals surface area contributed by atoms with Gasteiger partial charge in [0.15, 0.2) is 11.5 Å². The van der Waals surface area contributed by atoms with E-state index < -0.39 is 61.0 Å². The van der Waals surface area contributed by atoms with Crippen molar-refractivity contribution in [1.29, 1.82) is 0 Å². The Kier molecular flexibility index (Phi) is 3.04. The topological polar surface area (TPSA) is 161 Å². The largest absolute Gasteiger partial charge is 0.508 e. The number of nitro benzene ring substituents is 2. The van der Waals surface area contributed by atoms with E-state index in [1.807, 2.05) is 0 Å². The smallest absolute Gasteiger partial charge is 0.322 e. The van der Waals surface area contributed by atoms with Crippen LogP contribution in [0.2, 0.25) is 0 Å². The lowest BCUT2D eigenvalue weighted by molar-refractivity contribution is -0.386. The lowest BCUT2D eigenvalue weighted by Gasteiger charge is -2.17. The average molecular weight is 330 g/mol. The van der Waals surface area contributed by atoms with Crippen LogP contribution >= 0.6 is 0 Å². The molecule has 0 heterocycles. The van der Waals surface area contributed by atoms with Gasteiger partial charge in [-0.25, -0.2) is 0 Å². The zero-order valence-electron chi connectivity index (χ0n) is 11.5. The Hall–Kier alpha value is -3.82. The van der Waals surface area contributed by atoms with E-state index in [1.165, 1.54) is 0 Å². The summed E-state index contributed by atoms with van der Waals surface area (Å²) in [6, 6.07) is 3.44. The van der Waals surface area contributed by atoms with Gasteiger partial charge in [-0.05, 0) is 18.2 Å². The number of carbonyl (C=O) groups is 2. The molecule has 1 aliphatic rings. The van der Waals surface area contributed by atoms with E-state index in [4.69, 9.17) is 0 Å². The van der Waals surface area contributed by atoms with Crippen molar-refractivity contribution in [1.82, 2.24) is 0 Å². The van der Waals surface area contributed by atoms with Crippen molar-refractivity contribution in [3.05, 3.63) is 66.7 Å². The quantitative estimate of drug-likeness (QED) is 0.530. The molecule has 10 heteroatoms. The van der Waals surface area contributed by atoms with Gasteiger partial charge in [0.2, 0.25) is 5.78 Å². The van der Waals surface area contributed by atoms with Crippen LogP contribution in [0.15, 0.2) is 24.3 Å². The summed E-state index contributed by atoms with van der Waals surface area (Å²) in [5.41, 5.74) is -4.04. The molecule has 2 aromatic carbocycles. The van der Waals surface area contributed by atoms with Gasteiger partial charge < -0.3 is 10.2 Å². The number of fused-ring (bicyclic) bond motifs is 2. The third-order valence-corrected chi connectivity index (χ3v) is 3.58. The number of nitrogens with zero attached hydrogens (tertiary/aromatic N) is 2. The molecular formula is C14H6N2O8. The highest BCUT2D eigenvalue weighted by atomic mass is 16.6. The Morgan fingerprint density at radius 1 is 0.833 bits per heavy atom. The van der Waals surface area contributed by atoms with E-state index in [0.717, 1.165) is 18.2 Å². The molecule has 0 radical (unpaired) electrons. The summed E-state index contributed by atoms with van der Waals surface area (Å²) in [6.07, 6.45) is 0. The Morgan fingerprint density at radius 2 is 1.50 bits per heavy atom. The van der Waals surface area contributed by atoms with Gasteiger partial charge in [0.1, 0.15) is 16.9 Å². The first-order valence-electron chi connectivity index (χ1n) is 6.35. The van der Waals surface area contributed by atoms with Gasteiger partial charge in [0, 0.05) is 11.1 Å². The highest BCUT2D eigenvalue weighted by molar-refractivity contribution is 6.31. The summed E-state index contributed by atoms with van der Waals surface area (Å²) in [6.45, 7) is 0. The lowest BCUT2D eigenvalue weighted by Crippen LogP contribution is -2.23. The fourth-order valence-corrected chi connectivity index (χ4v) is 2.63. The van der Waals surface area contributed by atoms with E-state index in [0.29, 0.717) is 6.07 Å². The van der Waals surface area contributed by atoms with Gasteiger partial charge in [-0.2, -0.15) is 0 Å². The van der Waals surface area contributed by atoms with Crippen LogP contribution in [0.3, 0.4) is 0 Å². The molecule has 0 saturated carbocycles. The molecule has 1 aliphatic carbocycles. The van der Waals surface area contributed by atoms with Crippen molar-refractivity contribution in [2.45, 2.75) is 0 Å². The number of phenols is 2. The number of benzene rings is 2. The van der Waals surface area contributed by atoms with E-state index in [9.17, 15) is 40.0 Å². The summed E-state index contributed by atoms with van der Waals surface area (Å²) < 4.78 is 0. The van der Waals surface area contributed by atoms with E-state index >= 15 is 0 Å². The van der Waals surface area contributed by atoms with Crippen LogP contribution in [0.5, 0.6) is 11.5 Å². The van der Waals surface area contributed by atoms with Crippen molar-refractivity contribution in [3.63, 3.8) is 0 Å². The molecule has 0 aliphatic heterocycles. The second kappa shape index (κ2) is 4.84. The van der Waals surface area contributed by atoms with E-state index in [1.54, 1.807) is 0 Å². The second-order valence-electron chi connectivity index (χ2n) is 4.92. The van der Waals surface area contributed by atoms with Gasteiger partial charge in [-0.3, -0.25) is 29.8 Å². The number of nitro groups is 2. The fraction of sp³-hybridized carbons (Fsp3) is 0. The number of hydrogen-bond acceptors (Lipinski definition) is 8. The normalized spacial score (nSPS) is 12.5. The maximum Gasteiger partial charge on any atom is 0.322 e. The maximum absolute atomic E-state index is 12.6. The summed E-state index contributed by atoms with van der Waals surface area (Å²) in [7, 11) is 0. The van der Waals surface area contributed by atoms with Crippen molar-refractivity contribution in [2.24, 2.45) is 0 Å². The zero-order valence-corrected chi connectivity index (χ0v) is 11.5. The van der Waals surface area contributed by atoms with Gasteiger partial charge in [0.25, 0.3) is 5.69 Å². The van der Waals surface area contributed by atoms with E-state index in [2.05, 4.69) is 0 Å². The Morgan fingerprint density at radius 3 is 2.08 bits per heavy atom. The van der Waals surface area contributed by atoms with Crippen molar-refractivity contribution < 1.29 is 29.6 Å². The average Bonchev–Trinajstić information content (AvgIpc) is 2.50. The number of rotatable bonds is 2. The van der Waals surface area contributed by atoms with Gasteiger partial charge in [-0.15, -0.1) is 0 Å². The van der Waals surface area contributed by atoms with E-state index in [-0.39, 0.29) is 5.56 Å². The Labute approximate surface area is 131 Å². The molecule has 24 heavy (non-hydrogen) atoms. The van der Waals surface area contributed by atoms with Gasteiger partial charge in [0.05, 0.1) is 15.9 Å². The van der Waals surface area contributed by atoms with Crippen LogP contribution in [-0.2, 0) is 0 Å². The van der Waals surface area contributed by atoms with Crippen molar-refractivity contribution in [3.8, 4) is 11.5 Å². The summed E-state index contributed by atoms with van der Waals surface area (Å²) in [5, 5.41) is 41.4. The van der Waals surface area contributed by atoms with Crippen molar-refractivity contribution >= 4 is 22.9 Å². The highest BCUT2D eigenvalue weighted by Crippen LogP contribution is 2.41. The molecule has 0 atom stereocenters. The molecule has 0 fully saturated rings. The van der Waals surface area contributed by atoms with Gasteiger partial charge >= 0.3 is 5.69 Å². The minimum absolute atomic E-state index is 0.378. The molecule has 10 nitrogen and oxygen atoms in total. The SMILES string of the molecule is O=C1c2cc(O)cc([N+](=O)[O-])c2C(=O)c2c1ccc(O)c2[N+](=O)[O-]. The molecule has 120 valence electrons. The number of phenolic OH excluding ortho intramolecular Hbond substituents is 2. The summed E-state index contributed by atoms with van der Waals surface area (Å²) in [5.74, 6) is -3.49. The predicted molar refractivity (Wildman–Crippen MR) is 76.4 cm³/mol. The molecule has 0 amide bonds. The fourth-order valence-electron chi connectivity index (χ4n) is 2.63. The third-order valence-electron chi connectivity index (χ3n) is 3.58. The van der Waals surface area contributed by atoms with Crippen LogP contribution < -0.4 is 0 Å². The first-order chi connectivity index (χ1) is 11.2. The van der Waals surface area contributed by atoms with Crippen LogP contribution in [0.4, 0.5) is 11.4 Å². The number of ketones is 2. The van der Waals surface area contributed by atoms with Crippen LogP contribution in [0.1, 0.15) is 31.8 Å². The first-order valence-corrected chi connectivity index (χ1v) is 6.35. The van der Waals surface area contributed by atoms with Crippen LogP contribution in [-0.4, -0.2) is 31.6 Å². The molecule has 3 rings (SSSR count). The Balaban J connectivity index is 2.44. The third kappa shape index (κ3) is 1.90. The standard InChI is InChI=1S/C14H6N2O8/c17-5-3-7-10(8(4-5)15(21)22)14(20)11-6(13(7)19)1-2-9(18)12(11)16(23)24/h1-4,17-18H. The van der Waals surface area contributed by atoms with Crippen LogP contribution in [0.25, 0.3) is 0 Å². The zero-order chi connectivity index (χ0) is 17.8. The summed E-state index contributed by atoms with van der Waals surface area (Å²) >= 11 is 0. The minimum Gasteiger partial charge on any atom is -0.508 e. The number of carbonyl (C=O) groups excluding carboxylic acids is 2. The molecule has 0 unspecified atom stereocenters. The monoisotopic (exact) mass is 330 g/mol. The molecule has 0 saturated heterocycles. The maximum atomic E-state index is 12.6. The molecule has 0 spiro atoms. The molecule has 2 N–H and O–H groups in total. The molecule has 2 aromatic rings. The predicted octanol–water partition coefficient (Wildman–Crippen LogP) is 1.69. The first kappa shape index (κ1) is 15.1. The number of hydrogen-bond donors (Lipinski definition) is 2. The Bertz CT molecular complexity index is 979. The minimum atomic E-state index is -1.14. The van der Waals surface area contributed by atoms with Gasteiger partial charge in [-0.1, -0.05) is 0 Å². The highest BCUT2D eigenvalue weighted by Gasteiger charge is 2.41. The summed E-state index contributed by atoms with van der Waals surface area (Å²) in [4.78, 5) is 45.3. The molecule has 0 bridgehead atoms. The molecule has 0 aromatic heterocycles.